The average molecular weight is 230 g/mol. The molecular weight excluding hydrogens is 220 g/mol. The van der Waals surface area contributed by atoms with Gasteiger partial charge < -0.3 is 15.5 Å². The molecular formula is C12H10N2O3. The fourth-order valence-electron chi connectivity index (χ4n) is 1.29. The van der Waals surface area contributed by atoms with Crippen molar-refractivity contribution in [2.24, 2.45) is 0 Å². The van der Waals surface area contributed by atoms with Crippen molar-refractivity contribution in [2.45, 2.75) is 0 Å². The Morgan fingerprint density at radius 2 is 1.94 bits per heavy atom. The monoisotopic (exact) mass is 230 g/mol. The number of nitrogens with one attached hydrogen (secondary N) is 1. The van der Waals surface area contributed by atoms with Gasteiger partial charge in [-0.2, -0.15) is 0 Å². The molecule has 17 heavy (non-hydrogen) atoms. The van der Waals surface area contributed by atoms with E-state index < -0.39 is 5.91 Å². The van der Waals surface area contributed by atoms with E-state index >= 15 is 0 Å². The van der Waals surface area contributed by atoms with Gasteiger partial charge in [0, 0.05) is 11.8 Å². The molecule has 5 nitrogen and oxygen atoms in total. The third-order valence-corrected chi connectivity index (χ3v) is 2.14. The van der Waals surface area contributed by atoms with E-state index in [2.05, 4.69) is 10.3 Å². The molecule has 0 bridgehead atoms. The van der Waals surface area contributed by atoms with Gasteiger partial charge in [-0.05, 0) is 30.3 Å². The number of pyridine rings is 1. The van der Waals surface area contributed by atoms with Gasteiger partial charge in [0.2, 0.25) is 0 Å². The van der Waals surface area contributed by atoms with Crippen molar-refractivity contribution in [3.05, 3.63) is 48.2 Å². The molecule has 0 radical (unpaired) electrons. The van der Waals surface area contributed by atoms with E-state index in [1.54, 1.807) is 24.4 Å². The first-order valence-corrected chi connectivity index (χ1v) is 4.91. The third kappa shape index (κ3) is 2.52. The molecule has 0 aliphatic heterocycles. The van der Waals surface area contributed by atoms with Crippen LogP contribution in [0.4, 0.5) is 5.82 Å². The summed E-state index contributed by atoms with van der Waals surface area (Å²) in [5, 5.41) is 21.0. The van der Waals surface area contributed by atoms with Crippen molar-refractivity contribution >= 4 is 11.7 Å². The number of phenolic OH excluding ortho intramolecular Hbond substituents is 2. The van der Waals surface area contributed by atoms with E-state index in [0.29, 0.717) is 5.82 Å². The van der Waals surface area contributed by atoms with E-state index in [-0.39, 0.29) is 17.1 Å². The number of hydrogen-bond acceptors (Lipinski definition) is 4. The molecule has 0 saturated heterocycles. The fourth-order valence-corrected chi connectivity index (χ4v) is 1.29. The van der Waals surface area contributed by atoms with Gasteiger partial charge in [-0.25, -0.2) is 4.98 Å². The zero-order valence-corrected chi connectivity index (χ0v) is 8.79. The number of nitrogens with zero attached hydrogens (tertiary/aromatic N) is 1. The minimum atomic E-state index is -0.404. The highest BCUT2D eigenvalue weighted by atomic mass is 16.3. The Balaban J connectivity index is 2.18. The number of benzene rings is 1. The molecule has 1 aromatic carbocycles. The van der Waals surface area contributed by atoms with Crippen LogP contribution in [0.15, 0.2) is 42.6 Å². The minimum absolute atomic E-state index is 0.242. The molecule has 2 rings (SSSR count). The normalized spacial score (nSPS) is 9.88. The topological polar surface area (TPSA) is 82.5 Å². The van der Waals surface area contributed by atoms with Gasteiger partial charge in [-0.3, -0.25) is 4.79 Å². The zero-order valence-electron chi connectivity index (χ0n) is 8.79. The summed E-state index contributed by atoms with van der Waals surface area (Å²) in [6, 6.07) is 8.99. The number of hydrogen-bond donors (Lipinski definition) is 3. The van der Waals surface area contributed by atoms with Crippen molar-refractivity contribution in [3.8, 4) is 11.5 Å². The standard InChI is InChI=1S/C12H10N2O3/c15-9-5-4-8(7-10(9)16)12(17)14-11-3-1-2-6-13-11/h1-7,15-16H,(H,13,14,17). The first-order valence-electron chi connectivity index (χ1n) is 4.91. The van der Waals surface area contributed by atoms with Gasteiger partial charge in [0.25, 0.3) is 5.91 Å². The van der Waals surface area contributed by atoms with Gasteiger partial charge >= 0.3 is 0 Å². The Kier molecular flexibility index (Phi) is 2.91. The van der Waals surface area contributed by atoms with Crippen LogP contribution >= 0.6 is 0 Å². The van der Waals surface area contributed by atoms with Gasteiger partial charge in [-0.15, -0.1) is 0 Å². The minimum Gasteiger partial charge on any atom is -0.504 e. The highest BCUT2D eigenvalue weighted by Crippen LogP contribution is 2.25. The van der Waals surface area contributed by atoms with Crippen LogP contribution in [-0.4, -0.2) is 21.1 Å². The molecule has 1 aromatic heterocycles. The molecule has 0 saturated carbocycles. The Morgan fingerprint density at radius 1 is 1.12 bits per heavy atom. The number of rotatable bonds is 2. The summed E-state index contributed by atoms with van der Waals surface area (Å²) in [5.41, 5.74) is 0.242. The van der Waals surface area contributed by atoms with Crippen LogP contribution in [-0.2, 0) is 0 Å². The fraction of sp³-hybridized carbons (Fsp3) is 0. The SMILES string of the molecule is O=C(Nc1ccccn1)c1ccc(O)c(O)c1. The second-order valence-corrected chi connectivity index (χ2v) is 3.37. The number of anilines is 1. The first kappa shape index (κ1) is 10.9. The zero-order chi connectivity index (χ0) is 12.3. The van der Waals surface area contributed by atoms with Crippen molar-refractivity contribution in [3.63, 3.8) is 0 Å². The summed E-state index contributed by atoms with van der Waals surface area (Å²) in [5.74, 6) is -0.581. The van der Waals surface area contributed by atoms with Crippen molar-refractivity contribution in [1.82, 2.24) is 4.98 Å². The third-order valence-electron chi connectivity index (χ3n) is 2.14. The molecule has 5 heteroatoms. The van der Waals surface area contributed by atoms with Gasteiger partial charge in [0.05, 0.1) is 0 Å². The molecule has 1 heterocycles. The Bertz CT molecular complexity index is 541. The number of aromatic hydroxyl groups is 2. The lowest BCUT2D eigenvalue weighted by Gasteiger charge is -2.05. The summed E-state index contributed by atoms with van der Waals surface area (Å²) < 4.78 is 0. The van der Waals surface area contributed by atoms with Crippen molar-refractivity contribution < 1.29 is 15.0 Å². The number of carbonyl (C=O) groups is 1. The molecule has 0 unspecified atom stereocenters. The van der Waals surface area contributed by atoms with Crippen LogP contribution in [0.25, 0.3) is 0 Å². The molecule has 0 atom stereocenters. The molecule has 0 fully saturated rings. The molecule has 2 aromatic rings. The largest absolute Gasteiger partial charge is 0.504 e. The van der Waals surface area contributed by atoms with E-state index in [4.69, 9.17) is 5.11 Å². The lowest BCUT2D eigenvalue weighted by molar-refractivity contribution is 0.102. The van der Waals surface area contributed by atoms with Gasteiger partial charge in [0.15, 0.2) is 11.5 Å². The van der Waals surface area contributed by atoms with E-state index in [1.807, 2.05) is 0 Å². The Labute approximate surface area is 97.4 Å². The lowest BCUT2D eigenvalue weighted by atomic mass is 10.2. The van der Waals surface area contributed by atoms with Crippen molar-refractivity contribution in [1.29, 1.82) is 0 Å². The highest BCUT2D eigenvalue weighted by Gasteiger charge is 2.09. The lowest BCUT2D eigenvalue weighted by Crippen LogP contribution is -2.12. The molecule has 0 aliphatic carbocycles. The Morgan fingerprint density at radius 3 is 2.59 bits per heavy atom. The molecule has 0 spiro atoms. The van der Waals surface area contributed by atoms with Crippen LogP contribution in [0, 0.1) is 0 Å². The van der Waals surface area contributed by atoms with E-state index in [1.165, 1.54) is 18.2 Å². The maximum atomic E-state index is 11.7. The number of amides is 1. The van der Waals surface area contributed by atoms with Crippen LogP contribution in [0.2, 0.25) is 0 Å². The van der Waals surface area contributed by atoms with E-state index in [9.17, 15) is 9.90 Å². The first-order chi connectivity index (χ1) is 8.16. The predicted molar refractivity (Wildman–Crippen MR) is 62.0 cm³/mol. The molecule has 1 amide bonds. The number of aromatic nitrogens is 1. The highest BCUT2D eigenvalue weighted by molar-refractivity contribution is 6.04. The quantitative estimate of drug-likeness (QED) is 0.686. The summed E-state index contributed by atoms with van der Waals surface area (Å²) in [7, 11) is 0. The van der Waals surface area contributed by atoms with Gasteiger partial charge in [0.1, 0.15) is 5.82 Å². The molecule has 86 valence electrons. The summed E-state index contributed by atoms with van der Waals surface area (Å²) in [6.07, 6.45) is 1.56. The van der Waals surface area contributed by atoms with Crippen LogP contribution in [0.5, 0.6) is 11.5 Å². The van der Waals surface area contributed by atoms with Crippen LogP contribution in [0.3, 0.4) is 0 Å². The predicted octanol–water partition coefficient (Wildman–Crippen LogP) is 1.75. The maximum absolute atomic E-state index is 11.7. The van der Waals surface area contributed by atoms with Crippen molar-refractivity contribution in [2.75, 3.05) is 5.32 Å². The second kappa shape index (κ2) is 4.52. The maximum Gasteiger partial charge on any atom is 0.256 e. The number of phenols is 2. The van der Waals surface area contributed by atoms with Crippen LogP contribution < -0.4 is 5.32 Å². The van der Waals surface area contributed by atoms with Crippen LogP contribution in [0.1, 0.15) is 10.4 Å². The Hall–Kier alpha value is -2.56. The molecule has 3 N–H and O–H groups in total. The molecule has 0 aliphatic rings. The van der Waals surface area contributed by atoms with Gasteiger partial charge in [-0.1, -0.05) is 6.07 Å². The smallest absolute Gasteiger partial charge is 0.256 e. The average Bonchev–Trinajstić information content (AvgIpc) is 2.34. The van der Waals surface area contributed by atoms with E-state index in [0.717, 1.165) is 0 Å². The summed E-state index contributed by atoms with van der Waals surface area (Å²) in [6.45, 7) is 0. The summed E-state index contributed by atoms with van der Waals surface area (Å²) in [4.78, 5) is 15.7. The number of carbonyl (C=O) groups excluding carboxylic acids is 1. The second-order valence-electron chi connectivity index (χ2n) is 3.37. The summed E-state index contributed by atoms with van der Waals surface area (Å²) >= 11 is 0.